The van der Waals surface area contributed by atoms with Gasteiger partial charge in [0.1, 0.15) is 0 Å². The van der Waals surface area contributed by atoms with Crippen LogP contribution in [0.25, 0.3) is 0 Å². The van der Waals surface area contributed by atoms with E-state index in [0.29, 0.717) is 11.8 Å². The lowest BCUT2D eigenvalue weighted by Crippen LogP contribution is -2.46. The molecule has 6 nitrogen and oxygen atoms in total. The maximum Gasteiger partial charge on any atom is 0.225 e. The van der Waals surface area contributed by atoms with Crippen molar-refractivity contribution < 1.29 is 14.3 Å². The summed E-state index contributed by atoms with van der Waals surface area (Å²) in [5, 5.41) is 3.16. The van der Waals surface area contributed by atoms with Crippen LogP contribution in [0.3, 0.4) is 0 Å². The molecule has 1 saturated carbocycles. The number of ether oxygens (including phenoxy) is 1. The van der Waals surface area contributed by atoms with Crippen molar-refractivity contribution in [1.82, 2.24) is 15.1 Å². The molecular weight excluding hydrogens is 318 g/mol. The predicted molar refractivity (Wildman–Crippen MR) is 96.1 cm³/mol. The summed E-state index contributed by atoms with van der Waals surface area (Å²) in [4.78, 5) is 29.1. The summed E-state index contributed by atoms with van der Waals surface area (Å²) in [6.07, 6.45) is 6.09. The molecule has 2 aliphatic heterocycles. The Hall–Kier alpha value is -1.14. The number of rotatable bonds is 7. The van der Waals surface area contributed by atoms with Crippen LogP contribution in [-0.2, 0) is 14.3 Å². The molecule has 1 atom stereocenters. The average Bonchev–Trinajstić information content (AvgIpc) is 3.04. The van der Waals surface area contributed by atoms with Crippen LogP contribution in [0.4, 0.5) is 0 Å². The molecule has 2 heterocycles. The van der Waals surface area contributed by atoms with E-state index < -0.39 is 0 Å². The van der Waals surface area contributed by atoms with Crippen LogP contribution in [0, 0.1) is 17.8 Å². The fourth-order valence-electron chi connectivity index (χ4n) is 4.17. The van der Waals surface area contributed by atoms with E-state index in [2.05, 4.69) is 10.2 Å². The van der Waals surface area contributed by atoms with Gasteiger partial charge in [-0.05, 0) is 44.6 Å². The maximum absolute atomic E-state index is 12.4. The SMILES string of the molecule is COCCN1CCC(CNC(=O)C2CCN(C(=O)C3CCC3)CC2)C1. The molecule has 3 aliphatic rings. The lowest BCUT2D eigenvalue weighted by atomic mass is 9.83. The van der Waals surface area contributed by atoms with E-state index in [1.807, 2.05) is 4.90 Å². The Morgan fingerprint density at radius 2 is 1.80 bits per heavy atom. The number of carbonyl (C=O) groups excluding carboxylic acids is 2. The first-order chi connectivity index (χ1) is 12.2. The molecule has 3 fully saturated rings. The first kappa shape index (κ1) is 18.6. The smallest absolute Gasteiger partial charge is 0.225 e. The van der Waals surface area contributed by atoms with Gasteiger partial charge in [-0.1, -0.05) is 6.42 Å². The van der Waals surface area contributed by atoms with Gasteiger partial charge in [0.05, 0.1) is 6.61 Å². The number of hydrogen-bond donors (Lipinski definition) is 1. The number of hydrogen-bond acceptors (Lipinski definition) is 4. The van der Waals surface area contributed by atoms with Gasteiger partial charge in [-0.3, -0.25) is 9.59 Å². The zero-order valence-corrected chi connectivity index (χ0v) is 15.5. The van der Waals surface area contributed by atoms with Crippen LogP contribution in [0.15, 0.2) is 0 Å². The standard InChI is InChI=1S/C19H33N3O3/c1-25-12-11-21-8-5-15(14-21)13-20-18(23)16-6-9-22(10-7-16)19(24)17-3-2-4-17/h15-17H,2-14H2,1H3,(H,20,23). The molecule has 2 saturated heterocycles. The van der Waals surface area contributed by atoms with Crippen molar-refractivity contribution >= 4 is 11.8 Å². The van der Waals surface area contributed by atoms with Crippen LogP contribution in [-0.4, -0.2) is 74.6 Å². The molecule has 1 unspecified atom stereocenters. The van der Waals surface area contributed by atoms with E-state index in [-0.39, 0.29) is 17.7 Å². The minimum atomic E-state index is 0.0800. The highest BCUT2D eigenvalue weighted by atomic mass is 16.5. The summed E-state index contributed by atoms with van der Waals surface area (Å²) >= 11 is 0. The number of amides is 2. The Morgan fingerprint density at radius 3 is 2.44 bits per heavy atom. The molecular formula is C19H33N3O3. The minimum absolute atomic E-state index is 0.0800. The van der Waals surface area contributed by atoms with Crippen LogP contribution in [0.1, 0.15) is 38.5 Å². The van der Waals surface area contributed by atoms with Crippen molar-refractivity contribution in [1.29, 1.82) is 0 Å². The number of methoxy groups -OCH3 is 1. The van der Waals surface area contributed by atoms with Crippen molar-refractivity contribution in [3.63, 3.8) is 0 Å². The molecule has 6 heteroatoms. The lowest BCUT2D eigenvalue weighted by Gasteiger charge is -2.36. The number of likely N-dealkylation sites (tertiary alicyclic amines) is 2. The van der Waals surface area contributed by atoms with Gasteiger partial charge in [-0.15, -0.1) is 0 Å². The number of piperidine rings is 1. The summed E-state index contributed by atoms with van der Waals surface area (Å²) in [6.45, 7) is 6.20. The summed E-state index contributed by atoms with van der Waals surface area (Å²) in [5.41, 5.74) is 0. The van der Waals surface area contributed by atoms with Crippen molar-refractivity contribution in [2.75, 3.05) is 53.0 Å². The topological polar surface area (TPSA) is 61.9 Å². The highest BCUT2D eigenvalue weighted by Gasteiger charge is 2.33. The Bertz CT molecular complexity index is 459. The van der Waals surface area contributed by atoms with Crippen LogP contribution in [0.5, 0.6) is 0 Å². The first-order valence-corrected chi connectivity index (χ1v) is 9.95. The highest BCUT2D eigenvalue weighted by Crippen LogP contribution is 2.30. The minimum Gasteiger partial charge on any atom is -0.383 e. The van der Waals surface area contributed by atoms with Gasteiger partial charge in [0.15, 0.2) is 0 Å². The van der Waals surface area contributed by atoms with Crippen molar-refractivity contribution in [2.24, 2.45) is 17.8 Å². The molecule has 3 rings (SSSR count). The normalized spacial score (nSPS) is 25.8. The van der Waals surface area contributed by atoms with Crippen molar-refractivity contribution in [3.05, 3.63) is 0 Å². The fourth-order valence-corrected chi connectivity index (χ4v) is 4.17. The predicted octanol–water partition coefficient (Wildman–Crippen LogP) is 1.11. The third-order valence-electron chi connectivity index (χ3n) is 6.18. The molecule has 2 amide bonds. The van der Waals surface area contributed by atoms with Crippen molar-refractivity contribution in [3.8, 4) is 0 Å². The molecule has 0 radical (unpaired) electrons. The van der Waals surface area contributed by atoms with E-state index in [1.165, 1.54) is 6.42 Å². The third-order valence-corrected chi connectivity index (χ3v) is 6.18. The van der Waals surface area contributed by atoms with Gasteiger partial charge in [0, 0.05) is 51.7 Å². The van der Waals surface area contributed by atoms with Gasteiger partial charge in [-0.2, -0.15) is 0 Å². The molecule has 0 aromatic carbocycles. The second kappa shape index (κ2) is 8.99. The van der Waals surface area contributed by atoms with Crippen LogP contribution in [0.2, 0.25) is 0 Å². The molecule has 0 spiro atoms. The number of carbonyl (C=O) groups is 2. The van der Waals surface area contributed by atoms with Gasteiger partial charge in [0.25, 0.3) is 0 Å². The second-order valence-electron chi connectivity index (χ2n) is 7.92. The Balaban J connectivity index is 1.32. The average molecular weight is 351 g/mol. The summed E-state index contributed by atoms with van der Waals surface area (Å²) in [5.74, 6) is 1.42. The maximum atomic E-state index is 12.4. The monoisotopic (exact) mass is 351 g/mol. The van der Waals surface area contributed by atoms with Gasteiger partial charge in [-0.25, -0.2) is 0 Å². The van der Waals surface area contributed by atoms with E-state index in [9.17, 15) is 9.59 Å². The van der Waals surface area contributed by atoms with E-state index >= 15 is 0 Å². The molecule has 0 bridgehead atoms. The van der Waals surface area contributed by atoms with E-state index in [4.69, 9.17) is 4.74 Å². The fraction of sp³-hybridized carbons (Fsp3) is 0.895. The Morgan fingerprint density at radius 1 is 1.04 bits per heavy atom. The largest absolute Gasteiger partial charge is 0.383 e. The molecule has 1 N–H and O–H groups in total. The van der Waals surface area contributed by atoms with Gasteiger partial charge >= 0.3 is 0 Å². The first-order valence-electron chi connectivity index (χ1n) is 9.95. The summed E-state index contributed by atoms with van der Waals surface area (Å²) in [6, 6.07) is 0. The molecule has 142 valence electrons. The van der Waals surface area contributed by atoms with E-state index in [1.54, 1.807) is 7.11 Å². The number of nitrogens with zero attached hydrogens (tertiary/aromatic N) is 2. The van der Waals surface area contributed by atoms with Crippen LogP contribution >= 0.6 is 0 Å². The third kappa shape index (κ3) is 4.94. The Labute approximate surface area is 151 Å². The van der Waals surface area contributed by atoms with E-state index in [0.717, 1.165) is 78.0 Å². The molecule has 1 aliphatic carbocycles. The van der Waals surface area contributed by atoms with Crippen molar-refractivity contribution in [2.45, 2.75) is 38.5 Å². The molecule has 0 aromatic rings. The zero-order chi connectivity index (χ0) is 17.6. The Kier molecular flexibility index (Phi) is 6.70. The lowest BCUT2D eigenvalue weighted by molar-refractivity contribution is -0.141. The van der Waals surface area contributed by atoms with Crippen LogP contribution < -0.4 is 5.32 Å². The highest BCUT2D eigenvalue weighted by molar-refractivity contribution is 5.81. The van der Waals surface area contributed by atoms with Gasteiger partial charge in [0.2, 0.25) is 11.8 Å². The quantitative estimate of drug-likeness (QED) is 0.746. The number of nitrogens with one attached hydrogen (secondary N) is 1. The molecule has 25 heavy (non-hydrogen) atoms. The second-order valence-corrected chi connectivity index (χ2v) is 7.92. The molecule has 0 aromatic heterocycles. The van der Waals surface area contributed by atoms with Gasteiger partial charge < -0.3 is 19.9 Å². The summed E-state index contributed by atoms with van der Waals surface area (Å²) in [7, 11) is 1.73. The zero-order valence-electron chi connectivity index (χ0n) is 15.5. The summed E-state index contributed by atoms with van der Waals surface area (Å²) < 4.78 is 5.13.